The highest BCUT2D eigenvalue weighted by Gasteiger charge is 2.02. The van der Waals surface area contributed by atoms with Crippen LogP contribution in [0.2, 0.25) is 0 Å². The summed E-state index contributed by atoms with van der Waals surface area (Å²) in [6.45, 7) is 2.17. The monoisotopic (exact) mass is 230 g/mol. The molecule has 5 nitrogen and oxygen atoms in total. The first-order chi connectivity index (χ1) is 8.15. The fraction of sp³-hybridized carbons (Fsp3) is 0.167. The summed E-state index contributed by atoms with van der Waals surface area (Å²) in [5.41, 5.74) is 8.14. The number of nitrogen functional groups attached to an aromatic ring is 1. The van der Waals surface area contributed by atoms with Crippen molar-refractivity contribution in [3.8, 4) is 0 Å². The van der Waals surface area contributed by atoms with Crippen molar-refractivity contribution in [2.45, 2.75) is 13.5 Å². The number of hydrogen-bond acceptors (Lipinski definition) is 3. The number of anilines is 2. The van der Waals surface area contributed by atoms with E-state index in [-0.39, 0.29) is 5.91 Å². The van der Waals surface area contributed by atoms with E-state index in [1.165, 1.54) is 6.92 Å². The van der Waals surface area contributed by atoms with Crippen LogP contribution >= 0.6 is 0 Å². The van der Waals surface area contributed by atoms with Crippen molar-refractivity contribution < 1.29 is 4.79 Å². The standard InChI is InChI=1S/C12H14N4O/c1-9(17)15-12-3-2-10(6-11(12)13)7-16-5-4-14-8-16/h2-6,8H,7,13H2,1H3,(H,15,17). The molecule has 1 aromatic heterocycles. The van der Waals surface area contributed by atoms with Crippen LogP contribution in [0.5, 0.6) is 0 Å². The smallest absolute Gasteiger partial charge is 0.221 e. The van der Waals surface area contributed by atoms with Crippen molar-refractivity contribution in [2.24, 2.45) is 0 Å². The molecule has 0 atom stereocenters. The van der Waals surface area contributed by atoms with E-state index in [2.05, 4.69) is 10.3 Å². The van der Waals surface area contributed by atoms with E-state index in [0.717, 1.165) is 5.56 Å². The predicted octanol–water partition coefficient (Wildman–Crippen LogP) is 1.47. The van der Waals surface area contributed by atoms with Gasteiger partial charge in [0.05, 0.1) is 17.7 Å². The van der Waals surface area contributed by atoms with Crippen molar-refractivity contribution in [2.75, 3.05) is 11.1 Å². The molecule has 0 radical (unpaired) electrons. The van der Waals surface area contributed by atoms with Gasteiger partial charge in [0.2, 0.25) is 5.91 Å². The molecule has 0 unspecified atom stereocenters. The molecule has 0 aliphatic rings. The number of carbonyl (C=O) groups is 1. The summed E-state index contributed by atoms with van der Waals surface area (Å²) in [7, 11) is 0. The molecule has 3 N–H and O–H groups in total. The minimum absolute atomic E-state index is 0.126. The van der Waals surface area contributed by atoms with E-state index in [9.17, 15) is 4.79 Å². The Hall–Kier alpha value is -2.30. The van der Waals surface area contributed by atoms with E-state index >= 15 is 0 Å². The third-order valence-electron chi connectivity index (χ3n) is 2.35. The highest BCUT2D eigenvalue weighted by atomic mass is 16.1. The van der Waals surface area contributed by atoms with Crippen LogP contribution < -0.4 is 11.1 Å². The molecule has 88 valence electrons. The van der Waals surface area contributed by atoms with E-state index in [4.69, 9.17) is 5.73 Å². The molecule has 5 heteroatoms. The molecule has 1 heterocycles. The average Bonchev–Trinajstić information content (AvgIpc) is 2.74. The van der Waals surface area contributed by atoms with Gasteiger partial charge in [0.15, 0.2) is 0 Å². The summed E-state index contributed by atoms with van der Waals surface area (Å²) >= 11 is 0. The van der Waals surface area contributed by atoms with Crippen LogP contribution in [0.15, 0.2) is 36.9 Å². The van der Waals surface area contributed by atoms with Gasteiger partial charge < -0.3 is 15.6 Å². The fourth-order valence-electron chi connectivity index (χ4n) is 1.61. The number of amides is 1. The SMILES string of the molecule is CC(=O)Nc1ccc(Cn2ccnc2)cc1N. The summed E-state index contributed by atoms with van der Waals surface area (Å²) < 4.78 is 1.95. The Kier molecular flexibility index (Phi) is 3.09. The first kappa shape index (κ1) is 11.2. The Bertz CT molecular complexity index is 519. The summed E-state index contributed by atoms with van der Waals surface area (Å²) in [6.07, 6.45) is 5.37. The third kappa shape index (κ3) is 2.84. The van der Waals surface area contributed by atoms with Crippen LogP contribution in [0.3, 0.4) is 0 Å². The normalized spacial score (nSPS) is 10.2. The first-order valence-corrected chi connectivity index (χ1v) is 5.27. The molecule has 0 spiro atoms. The Morgan fingerprint density at radius 2 is 2.35 bits per heavy atom. The lowest BCUT2D eigenvalue weighted by Crippen LogP contribution is -2.08. The fourth-order valence-corrected chi connectivity index (χ4v) is 1.61. The number of hydrogen-bond donors (Lipinski definition) is 2. The number of carbonyl (C=O) groups excluding carboxylic acids is 1. The van der Waals surface area contributed by atoms with Crippen molar-refractivity contribution >= 4 is 17.3 Å². The molecule has 2 rings (SSSR count). The topological polar surface area (TPSA) is 72.9 Å². The number of benzene rings is 1. The zero-order valence-corrected chi connectivity index (χ0v) is 9.55. The van der Waals surface area contributed by atoms with Gasteiger partial charge in [-0.2, -0.15) is 0 Å². The van der Waals surface area contributed by atoms with Gasteiger partial charge in [0.25, 0.3) is 0 Å². The molecule has 2 aromatic rings. The number of aromatic nitrogens is 2. The van der Waals surface area contributed by atoms with Crippen LogP contribution in [0.25, 0.3) is 0 Å². The second-order valence-electron chi connectivity index (χ2n) is 3.84. The number of rotatable bonds is 3. The molecule has 17 heavy (non-hydrogen) atoms. The molecule has 0 bridgehead atoms. The molecule has 1 amide bonds. The second kappa shape index (κ2) is 4.69. The summed E-state index contributed by atoms with van der Waals surface area (Å²) in [6, 6.07) is 5.59. The minimum atomic E-state index is -0.126. The van der Waals surface area contributed by atoms with Crippen LogP contribution in [-0.4, -0.2) is 15.5 Å². The number of nitrogens with zero attached hydrogens (tertiary/aromatic N) is 2. The largest absolute Gasteiger partial charge is 0.397 e. The molecular formula is C12H14N4O. The molecule has 0 aliphatic carbocycles. The average molecular weight is 230 g/mol. The van der Waals surface area contributed by atoms with Crippen molar-refractivity contribution in [3.05, 3.63) is 42.5 Å². The van der Waals surface area contributed by atoms with Gasteiger partial charge in [0.1, 0.15) is 0 Å². The predicted molar refractivity (Wildman–Crippen MR) is 66.5 cm³/mol. The quantitative estimate of drug-likeness (QED) is 0.784. The zero-order chi connectivity index (χ0) is 12.3. The van der Waals surface area contributed by atoms with Crippen molar-refractivity contribution in [3.63, 3.8) is 0 Å². The lowest BCUT2D eigenvalue weighted by molar-refractivity contribution is -0.114. The second-order valence-corrected chi connectivity index (χ2v) is 3.84. The molecular weight excluding hydrogens is 216 g/mol. The molecule has 0 saturated carbocycles. The van der Waals surface area contributed by atoms with E-state index in [0.29, 0.717) is 17.9 Å². The summed E-state index contributed by atoms with van der Waals surface area (Å²) in [5.74, 6) is -0.126. The molecule has 0 fully saturated rings. The van der Waals surface area contributed by atoms with Gasteiger partial charge in [0, 0.05) is 25.9 Å². The summed E-state index contributed by atoms with van der Waals surface area (Å²) in [5, 5.41) is 2.68. The van der Waals surface area contributed by atoms with E-state index < -0.39 is 0 Å². The van der Waals surface area contributed by atoms with Gasteiger partial charge in [-0.1, -0.05) is 6.07 Å². The van der Waals surface area contributed by atoms with Gasteiger partial charge in [-0.05, 0) is 17.7 Å². The summed E-state index contributed by atoms with van der Waals surface area (Å²) in [4.78, 5) is 14.9. The van der Waals surface area contributed by atoms with E-state index in [1.54, 1.807) is 12.5 Å². The van der Waals surface area contributed by atoms with Crippen LogP contribution in [0.4, 0.5) is 11.4 Å². The van der Waals surface area contributed by atoms with Crippen LogP contribution in [-0.2, 0) is 11.3 Å². The highest BCUT2D eigenvalue weighted by molar-refractivity contribution is 5.92. The zero-order valence-electron chi connectivity index (χ0n) is 9.55. The number of nitrogens with one attached hydrogen (secondary N) is 1. The lowest BCUT2D eigenvalue weighted by atomic mass is 10.1. The lowest BCUT2D eigenvalue weighted by Gasteiger charge is -2.09. The Balaban J connectivity index is 2.16. The van der Waals surface area contributed by atoms with Gasteiger partial charge >= 0.3 is 0 Å². The van der Waals surface area contributed by atoms with Crippen LogP contribution in [0, 0.1) is 0 Å². The Morgan fingerprint density at radius 1 is 1.53 bits per heavy atom. The van der Waals surface area contributed by atoms with Crippen LogP contribution in [0.1, 0.15) is 12.5 Å². The molecule has 1 aromatic carbocycles. The maximum atomic E-state index is 10.9. The number of imidazole rings is 1. The Morgan fingerprint density at radius 3 is 2.94 bits per heavy atom. The minimum Gasteiger partial charge on any atom is -0.397 e. The first-order valence-electron chi connectivity index (χ1n) is 5.27. The van der Waals surface area contributed by atoms with Gasteiger partial charge in [-0.3, -0.25) is 4.79 Å². The van der Waals surface area contributed by atoms with Gasteiger partial charge in [-0.15, -0.1) is 0 Å². The maximum absolute atomic E-state index is 10.9. The number of nitrogens with two attached hydrogens (primary N) is 1. The van der Waals surface area contributed by atoms with Crippen molar-refractivity contribution in [1.82, 2.24) is 9.55 Å². The van der Waals surface area contributed by atoms with Gasteiger partial charge in [-0.25, -0.2) is 4.98 Å². The third-order valence-corrected chi connectivity index (χ3v) is 2.35. The Labute approximate surface area is 99.3 Å². The maximum Gasteiger partial charge on any atom is 0.221 e. The molecule has 0 saturated heterocycles. The van der Waals surface area contributed by atoms with E-state index in [1.807, 2.05) is 29.0 Å². The van der Waals surface area contributed by atoms with Crippen molar-refractivity contribution in [1.29, 1.82) is 0 Å². The molecule has 0 aliphatic heterocycles. The highest BCUT2D eigenvalue weighted by Crippen LogP contribution is 2.20.